The number of methoxy groups -OCH3 is 1. The topological polar surface area (TPSA) is 67.9 Å². The van der Waals surface area contributed by atoms with Crippen molar-refractivity contribution >= 4 is 29.4 Å². The van der Waals surface area contributed by atoms with Crippen LogP contribution in [0.5, 0.6) is 0 Å². The number of nitrogens with zero attached hydrogens (tertiary/aromatic N) is 1. The van der Waals surface area contributed by atoms with Crippen molar-refractivity contribution < 1.29 is 19.1 Å². The van der Waals surface area contributed by atoms with Crippen LogP contribution >= 0.6 is 11.6 Å². The number of carbonyl (C=O) groups excluding carboxylic acids is 2. The second-order valence-corrected chi connectivity index (χ2v) is 7.86. The van der Waals surface area contributed by atoms with Crippen molar-refractivity contribution in [3.8, 4) is 0 Å². The minimum Gasteiger partial charge on any atom is -0.465 e. The Labute approximate surface area is 180 Å². The molecule has 0 bridgehead atoms. The van der Waals surface area contributed by atoms with Crippen LogP contribution in [0.2, 0.25) is 5.02 Å². The van der Waals surface area contributed by atoms with Gasteiger partial charge in [-0.15, -0.1) is 0 Å². The van der Waals surface area contributed by atoms with Gasteiger partial charge in [0.2, 0.25) is 0 Å². The van der Waals surface area contributed by atoms with E-state index in [9.17, 15) is 9.59 Å². The molecule has 6 nitrogen and oxygen atoms in total. The summed E-state index contributed by atoms with van der Waals surface area (Å²) in [6.07, 6.45) is 2.02. The monoisotopic (exact) mass is 426 g/mol. The third-order valence-corrected chi connectivity index (χ3v) is 6.00. The highest BCUT2D eigenvalue weighted by atomic mass is 35.5. The number of hydrogen-bond acceptors (Lipinski definition) is 5. The normalized spacial score (nSPS) is 21.8. The van der Waals surface area contributed by atoms with E-state index in [0.29, 0.717) is 17.1 Å². The molecule has 1 saturated heterocycles. The molecule has 3 atom stereocenters. The van der Waals surface area contributed by atoms with Gasteiger partial charge in [0.05, 0.1) is 24.8 Å². The van der Waals surface area contributed by atoms with Crippen molar-refractivity contribution in [3.63, 3.8) is 0 Å². The van der Waals surface area contributed by atoms with E-state index in [1.54, 1.807) is 23.1 Å². The second-order valence-electron chi connectivity index (χ2n) is 7.42. The van der Waals surface area contributed by atoms with E-state index in [-0.39, 0.29) is 36.7 Å². The zero-order valence-corrected chi connectivity index (χ0v) is 17.4. The number of hydrogen-bond donors (Lipinski definition) is 1. The molecular formula is C23H23ClN2O4. The molecule has 0 radical (unpaired) electrons. The number of anilines is 1. The Hall–Kier alpha value is -2.99. The van der Waals surface area contributed by atoms with Crippen LogP contribution in [0.25, 0.3) is 0 Å². The van der Waals surface area contributed by atoms with E-state index >= 15 is 0 Å². The Morgan fingerprint density at radius 3 is 2.73 bits per heavy atom. The number of ether oxygens (including phenoxy) is 2. The van der Waals surface area contributed by atoms with Gasteiger partial charge in [-0.05, 0) is 47.9 Å². The fraction of sp³-hybridized carbons (Fsp3) is 0.304. The van der Waals surface area contributed by atoms with Gasteiger partial charge >= 0.3 is 12.1 Å². The summed E-state index contributed by atoms with van der Waals surface area (Å²) in [7, 11) is 1.37. The fourth-order valence-electron chi connectivity index (χ4n) is 4.44. The number of carbonyl (C=O) groups is 2. The van der Waals surface area contributed by atoms with Crippen LogP contribution < -0.4 is 5.32 Å². The lowest BCUT2D eigenvalue weighted by Gasteiger charge is -2.39. The number of amides is 1. The molecular weight excluding hydrogens is 404 g/mol. The maximum Gasteiger partial charge on any atom is 0.410 e. The average Bonchev–Trinajstić information content (AvgIpc) is 3.22. The maximum atomic E-state index is 12.7. The van der Waals surface area contributed by atoms with Crippen molar-refractivity contribution in [2.24, 2.45) is 5.92 Å². The molecule has 2 heterocycles. The highest BCUT2D eigenvalue weighted by molar-refractivity contribution is 6.30. The third-order valence-electron chi connectivity index (χ3n) is 5.77. The van der Waals surface area contributed by atoms with Gasteiger partial charge in [-0.2, -0.15) is 0 Å². The van der Waals surface area contributed by atoms with Gasteiger partial charge in [0, 0.05) is 23.2 Å². The lowest BCUT2D eigenvalue weighted by Crippen LogP contribution is -2.38. The molecule has 2 aromatic rings. The molecule has 2 aliphatic heterocycles. The molecule has 4 rings (SSSR count). The van der Waals surface area contributed by atoms with Crippen molar-refractivity contribution in [1.29, 1.82) is 0 Å². The smallest absolute Gasteiger partial charge is 0.410 e. The zero-order chi connectivity index (χ0) is 21.3. The molecule has 2 aromatic carbocycles. The summed E-state index contributed by atoms with van der Waals surface area (Å²) >= 11 is 6.27. The van der Waals surface area contributed by atoms with Gasteiger partial charge in [0.1, 0.15) is 6.61 Å². The first-order valence-electron chi connectivity index (χ1n) is 9.82. The Morgan fingerprint density at radius 2 is 2.03 bits per heavy atom. The standard InChI is InChI=1S/C23H23ClN2O4/c1-3-12-30-23(28)26-11-10-17-20(14-4-6-15(7-5-14)22(27)29-2)25-19-9-8-16(24)13-18(19)21(17)26/h3-9,13,17,20-21,25H,1,10-12H2,2H3/t17-,20+,21-/m1/s1. The predicted molar refractivity (Wildman–Crippen MR) is 115 cm³/mol. The summed E-state index contributed by atoms with van der Waals surface area (Å²) in [4.78, 5) is 26.2. The van der Waals surface area contributed by atoms with E-state index in [4.69, 9.17) is 21.1 Å². The van der Waals surface area contributed by atoms with E-state index in [1.165, 1.54) is 7.11 Å². The van der Waals surface area contributed by atoms with Crippen molar-refractivity contribution in [3.05, 3.63) is 76.8 Å². The van der Waals surface area contributed by atoms with Gasteiger partial charge in [-0.1, -0.05) is 36.4 Å². The first-order valence-corrected chi connectivity index (χ1v) is 10.2. The summed E-state index contributed by atoms with van der Waals surface area (Å²) in [5.41, 5.74) is 3.47. The molecule has 0 aromatic heterocycles. The van der Waals surface area contributed by atoms with E-state index in [2.05, 4.69) is 11.9 Å². The minimum absolute atomic E-state index is 0.0208. The summed E-state index contributed by atoms with van der Waals surface area (Å²) in [6, 6.07) is 12.9. The number of halogens is 1. The molecule has 0 spiro atoms. The van der Waals surface area contributed by atoms with Crippen molar-refractivity contribution in [2.45, 2.75) is 18.5 Å². The van der Waals surface area contributed by atoms with Crippen LogP contribution in [-0.4, -0.2) is 37.2 Å². The molecule has 0 unspecified atom stereocenters. The van der Waals surface area contributed by atoms with Crippen LogP contribution in [0, 0.1) is 5.92 Å². The minimum atomic E-state index is -0.368. The molecule has 7 heteroatoms. The van der Waals surface area contributed by atoms with Gasteiger partial charge in [-0.25, -0.2) is 9.59 Å². The summed E-state index contributed by atoms with van der Waals surface area (Å²) in [5.74, 6) is -0.232. The van der Waals surface area contributed by atoms with Gasteiger partial charge in [0.15, 0.2) is 0 Å². The van der Waals surface area contributed by atoms with Gasteiger partial charge in [0.25, 0.3) is 0 Å². The molecule has 0 saturated carbocycles. The molecule has 1 amide bonds. The third kappa shape index (κ3) is 3.63. The molecule has 156 valence electrons. The fourth-order valence-corrected chi connectivity index (χ4v) is 4.62. The van der Waals surface area contributed by atoms with E-state index < -0.39 is 0 Å². The van der Waals surface area contributed by atoms with E-state index in [0.717, 1.165) is 23.2 Å². The summed E-state index contributed by atoms with van der Waals surface area (Å²) < 4.78 is 10.1. The Bertz CT molecular complexity index is 976. The molecule has 0 aliphatic carbocycles. The quantitative estimate of drug-likeness (QED) is 0.551. The van der Waals surface area contributed by atoms with Crippen LogP contribution in [0.1, 0.15) is 40.0 Å². The van der Waals surface area contributed by atoms with Gasteiger partial charge < -0.3 is 19.7 Å². The second kappa shape index (κ2) is 8.40. The average molecular weight is 427 g/mol. The summed E-state index contributed by atoms with van der Waals surface area (Å²) in [6.45, 7) is 4.37. The lowest BCUT2D eigenvalue weighted by molar-refractivity contribution is 0.0600. The molecule has 30 heavy (non-hydrogen) atoms. The maximum absolute atomic E-state index is 12.7. The SMILES string of the molecule is C=CCOC(=O)N1CC[C@@H]2[C@H](c3ccc(C(=O)OC)cc3)Nc3ccc(Cl)cc3[C@@H]21. The Morgan fingerprint density at radius 1 is 1.27 bits per heavy atom. The Balaban J connectivity index is 1.70. The van der Waals surface area contributed by atoms with Crippen LogP contribution in [0.3, 0.4) is 0 Å². The number of fused-ring (bicyclic) bond motifs is 3. The van der Waals surface area contributed by atoms with Gasteiger partial charge in [-0.3, -0.25) is 0 Å². The number of benzene rings is 2. The number of esters is 1. The van der Waals surface area contributed by atoms with Crippen LogP contribution in [-0.2, 0) is 9.47 Å². The zero-order valence-electron chi connectivity index (χ0n) is 16.6. The molecule has 2 aliphatic rings. The lowest BCUT2D eigenvalue weighted by atomic mass is 9.80. The number of rotatable bonds is 4. The van der Waals surface area contributed by atoms with Crippen molar-refractivity contribution in [1.82, 2.24) is 4.90 Å². The Kier molecular flexibility index (Phi) is 5.68. The first-order chi connectivity index (χ1) is 14.5. The van der Waals surface area contributed by atoms with Crippen LogP contribution in [0.15, 0.2) is 55.1 Å². The number of likely N-dealkylation sites (tertiary alicyclic amines) is 1. The number of nitrogens with one attached hydrogen (secondary N) is 1. The van der Waals surface area contributed by atoms with Crippen molar-refractivity contribution in [2.75, 3.05) is 25.6 Å². The van der Waals surface area contributed by atoms with Crippen LogP contribution in [0.4, 0.5) is 10.5 Å². The predicted octanol–water partition coefficient (Wildman–Crippen LogP) is 4.98. The molecule has 1 fully saturated rings. The summed E-state index contributed by atoms with van der Waals surface area (Å²) in [5, 5.41) is 4.23. The largest absolute Gasteiger partial charge is 0.465 e. The first kappa shape index (κ1) is 20.3. The van der Waals surface area contributed by atoms with E-state index in [1.807, 2.05) is 30.3 Å². The highest BCUT2D eigenvalue weighted by Crippen LogP contribution is 2.51. The highest BCUT2D eigenvalue weighted by Gasteiger charge is 2.47. The molecule has 1 N–H and O–H groups in total.